The first-order valence-electron chi connectivity index (χ1n) is 6.22. The van der Waals surface area contributed by atoms with Crippen molar-refractivity contribution in [1.29, 1.82) is 0 Å². The number of methoxy groups -OCH3 is 1. The number of benzene rings is 1. The van der Waals surface area contributed by atoms with Gasteiger partial charge in [-0.25, -0.2) is 0 Å². The second-order valence-corrected chi connectivity index (χ2v) is 4.58. The molecule has 0 radical (unpaired) electrons. The minimum Gasteiger partial charge on any atom is -0.391 e. The van der Waals surface area contributed by atoms with E-state index >= 15 is 0 Å². The maximum absolute atomic E-state index is 9.67. The Morgan fingerprint density at radius 2 is 2.11 bits per heavy atom. The van der Waals surface area contributed by atoms with Crippen molar-refractivity contribution in [3.63, 3.8) is 0 Å². The van der Waals surface area contributed by atoms with E-state index in [2.05, 4.69) is 0 Å². The van der Waals surface area contributed by atoms with E-state index in [1.165, 1.54) is 0 Å². The van der Waals surface area contributed by atoms with E-state index in [1.54, 1.807) is 14.0 Å². The summed E-state index contributed by atoms with van der Waals surface area (Å²) in [5.74, 6) is 0. The molecule has 0 spiro atoms. The second kappa shape index (κ2) is 6.29. The zero-order valence-electron chi connectivity index (χ0n) is 10.8. The summed E-state index contributed by atoms with van der Waals surface area (Å²) in [5, 5.41) is 9.67. The van der Waals surface area contributed by atoms with Crippen molar-refractivity contribution in [2.24, 2.45) is 0 Å². The Balaban J connectivity index is 1.91. The Morgan fingerprint density at radius 1 is 1.39 bits per heavy atom. The topological polar surface area (TPSA) is 47.9 Å². The highest BCUT2D eigenvalue weighted by molar-refractivity contribution is 5.13. The Hall–Kier alpha value is -0.940. The monoisotopic (exact) mass is 252 g/mol. The third-order valence-corrected chi connectivity index (χ3v) is 3.15. The van der Waals surface area contributed by atoms with Gasteiger partial charge in [-0.1, -0.05) is 30.3 Å². The van der Waals surface area contributed by atoms with Gasteiger partial charge in [-0.2, -0.15) is 0 Å². The van der Waals surface area contributed by atoms with Crippen LogP contribution in [-0.4, -0.2) is 36.8 Å². The number of hydrogen-bond donors (Lipinski definition) is 1. The van der Waals surface area contributed by atoms with Crippen LogP contribution in [0, 0.1) is 0 Å². The third kappa shape index (κ3) is 3.29. The lowest BCUT2D eigenvalue weighted by Crippen LogP contribution is -2.34. The van der Waals surface area contributed by atoms with Crippen LogP contribution in [0.15, 0.2) is 30.3 Å². The molecule has 4 heteroatoms. The van der Waals surface area contributed by atoms with Crippen molar-refractivity contribution in [1.82, 2.24) is 0 Å². The smallest absolute Gasteiger partial charge is 0.160 e. The van der Waals surface area contributed by atoms with E-state index in [1.807, 2.05) is 30.3 Å². The van der Waals surface area contributed by atoms with Crippen LogP contribution in [0.1, 0.15) is 18.9 Å². The molecule has 1 saturated heterocycles. The van der Waals surface area contributed by atoms with Crippen LogP contribution < -0.4 is 0 Å². The molecule has 100 valence electrons. The molecule has 0 unspecified atom stereocenters. The third-order valence-electron chi connectivity index (χ3n) is 3.15. The van der Waals surface area contributed by atoms with Crippen LogP contribution in [0.25, 0.3) is 0 Å². The molecule has 0 saturated carbocycles. The van der Waals surface area contributed by atoms with Crippen molar-refractivity contribution in [2.75, 3.05) is 7.11 Å². The first-order chi connectivity index (χ1) is 8.70. The standard InChI is InChI=1S/C14H20O4/c1-10(15)14-12(8-13(16-2)18-14)17-9-11-6-4-3-5-7-11/h3-7,10,12-15H,8-9H2,1-2H3/t10-,12+,13-,14-/m1/s1. The predicted octanol–water partition coefficient (Wildman–Crippen LogP) is 1.71. The van der Waals surface area contributed by atoms with Crippen molar-refractivity contribution in [3.05, 3.63) is 35.9 Å². The molecule has 1 aliphatic rings. The van der Waals surface area contributed by atoms with Gasteiger partial charge in [0, 0.05) is 13.5 Å². The van der Waals surface area contributed by atoms with Crippen LogP contribution in [0.3, 0.4) is 0 Å². The normalized spacial score (nSPS) is 29.4. The van der Waals surface area contributed by atoms with Crippen molar-refractivity contribution in [2.45, 2.75) is 44.6 Å². The molecule has 0 aliphatic carbocycles. The average Bonchev–Trinajstić information content (AvgIpc) is 2.81. The van der Waals surface area contributed by atoms with E-state index in [0.717, 1.165) is 5.56 Å². The molecule has 1 aromatic carbocycles. The number of rotatable bonds is 5. The van der Waals surface area contributed by atoms with Crippen LogP contribution in [0.4, 0.5) is 0 Å². The second-order valence-electron chi connectivity index (χ2n) is 4.58. The molecule has 2 rings (SSSR count). The summed E-state index contributed by atoms with van der Waals surface area (Å²) in [4.78, 5) is 0. The quantitative estimate of drug-likeness (QED) is 0.866. The van der Waals surface area contributed by atoms with Crippen LogP contribution in [0.2, 0.25) is 0 Å². The fraction of sp³-hybridized carbons (Fsp3) is 0.571. The summed E-state index contributed by atoms with van der Waals surface area (Å²) in [6.07, 6.45) is -0.649. The van der Waals surface area contributed by atoms with Gasteiger partial charge in [-0.15, -0.1) is 0 Å². The molecule has 1 heterocycles. The fourth-order valence-corrected chi connectivity index (χ4v) is 2.16. The molecule has 0 amide bonds. The highest BCUT2D eigenvalue weighted by atomic mass is 16.7. The van der Waals surface area contributed by atoms with Gasteiger partial charge in [0.2, 0.25) is 0 Å². The number of aliphatic hydroxyl groups is 1. The summed E-state index contributed by atoms with van der Waals surface area (Å²) in [5.41, 5.74) is 1.11. The van der Waals surface area contributed by atoms with Gasteiger partial charge in [-0.05, 0) is 12.5 Å². The minimum atomic E-state index is -0.564. The van der Waals surface area contributed by atoms with Gasteiger partial charge >= 0.3 is 0 Å². The van der Waals surface area contributed by atoms with Crippen molar-refractivity contribution < 1.29 is 19.3 Å². The lowest BCUT2D eigenvalue weighted by atomic mass is 10.1. The van der Waals surface area contributed by atoms with Crippen molar-refractivity contribution >= 4 is 0 Å². The summed E-state index contributed by atoms with van der Waals surface area (Å²) >= 11 is 0. The van der Waals surface area contributed by atoms with E-state index in [0.29, 0.717) is 13.0 Å². The fourth-order valence-electron chi connectivity index (χ4n) is 2.16. The molecular weight excluding hydrogens is 232 g/mol. The maximum Gasteiger partial charge on any atom is 0.160 e. The molecule has 4 atom stereocenters. The van der Waals surface area contributed by atoms with E-state index < -0.39 is 6.10 Å². The highest BCUT2D eigenvalue weighted by Gasteiger charge is 2.38. The van der Waals surface area contributed by atoms with Gasteiger partial charge in [0.15, 0.2) is 6.29 Å². The molecule has 0 aromatic heterocycles. The molecule has 1 aliphatic heterocycles. The Labute approximate surface area is 107 Å². The molecule has 18 heavy (non-hydrogen) atoms. The molecule has 1 aromatic rings. The molecule has 1 fully saturated rings. The first kappa shape index (κ1) is 13.5. The number of aliphatic hydroxyl groups excluding tert-OH is 1. The zero-order valence-corrected chi connectivity index (χ0v) is 10.8. The summed E-state index contributed by atoms with van der Waals surface area (Å²) in [7, 11) is 1.60. The Bertz CT molecular complexity index is 352. The van der Waals surface area contributed by atoms with Gasteiger partial charge < -0.3 is 19.3 Å². The summed E-state index contributed by atoms with van der Waals surface area (Å²) in [6, 6.07) is 9.96. The molecule has 4 nitrogen and oxygen atoms in total. The van der Waals surface area contributed by atoms with Gasteiger partial charge in [-0.3, -0.25) is 0 Å². The molecular formula is C14H20O4. The number of hydrogen-bond acceptors (Lipinski definition) is 4. The lowest BCUT2D eigenvalue weighted by molar-refractivity contribution is -0.145. The average molecular weight is 252 g/mol. The van der Waals surface area contributed by atoms with Gasteiger partial charge in [0.1, 0.15) is 6.10 Å². The van der Waals surface area contributed by atoms with Gasteiger partial charge in [0.05, 0.1) is 18.8 Å². The molecule has 0 bridgehead atoms. The molecule has 1 N–H and O–H groups in total. The van der Waals surface area contributed by atoms with Crippen LogP contribution in [-0.2, 0) is 20.8 Å². The summed E-state index contributed by atoms with van der Waals surface area (Å²) < 4.78 is 16.6. The van der Waals surface area contributed by atoms with E-state index in [4.69, 9.17) is 14.2 Å². The Morgan fingerprint density at radius 3 is 2.72 bits per heavy atom. The maximum atomic E-state index is 9.67. The van der Waals surface area contributed by atoms with E-state index in [9.17, 15) is 5.11 Å². The Kier molecular flexibility index (Phi) is 4.72. The zero-order chi connectivity index (χ0) is 13.0. The van der Waals surface area contributed by atoms with E-state index in [-0.39, 0.29) is 18.5 Å². The first-order valence-corrected chi connectivity index (χ1v) is 6.22. The summed E-state index contributed by atoms with van der Waals surface area (Å²) in [6.45, 7) is 2.23. The number of ether oxygens (including phenoxy) is 3. The largest absolute Gasteiger partial charge is 0.391 e. The minimum absolute atomic E-state index is 0.129. The van der Waals surface area contributed by atoms with Gasteiger partial charge in [0.25, 0.3) is 0 Å². The van der Waals surface area contributed by atoms with Crippen LogP contribution >= 0.6 is 0 Å². The lowest BCUT2D eigenvalue weighted by Gasteiger charge is -2.21. The highest BCUT2D eigenvalue weighted by Crippen LogP contribution is 2.26. The van der Waals surface area contributed by atoms with Crippen LogP contribution in [0.5, 0.6) is 0 Å². The predicted molar refractivity (Wildman–Crippen MR) is 67.0 cm³/mol. The van der Waals surface area contributed by atoms with Crippen molar-refractivity contribution in [3.8, 4) is 0 Å². The SMILES string of the molecule is CO[C@H]1C[C@H](OCc2ccccc2)[C@@H]([C@@H](C)O)O1.